The number of rotatable bonds is 3. The molecule has 3 N–H and O–H groups in total. The van der Waals surface area contributed by atoms with Crippen LogP contribution in [-0.2, 0) is 13.9 Å². The van der Waals surface area contributed by atoms with Gasteiger partial charge in [-0.15, -0.1) is 9.42 Å². The summed E-state index contributed by atoms with van der Waals surface area (Å²) in [6, 6.07) is 0. The van der Waals surface area contributed by atoms with E-state index in [1.54, 1.807) is 0 Å². The van der Waals surface area contributed by atoms with E-state index in [0.717, 1.165) is 0 Å². The smallest absolute Gasteiger partial charge is 0.289 e. The minimum atomic E-state index is -2.76. The molecule has 0 aliphatic heterocycles. The van der Waals surface area contributed by atoms with Crippen LogP contribution in [0.5, 0.6) is 0 Å². The number of carbonyl (C=O) groups is 1. The minimum Gasteiger partial charge on any atom is -0.289 e. The number of carbonyl (C=O) groups excluding carboxylic acids is 1. The third-order valence-electron chi connectivity index (χ3n) is 0.431. The van der Waals surface area contributed by atoms with Crippen molar-refractivity contribution in [1.29, 1.82) is 0 Å². The van der Waals surface area contributed by atoms with Gasteiger partial charge in [0.1, 0.15) is 0 Å². The summed E-state index contributed by atoms with van der Waals surface area (Å²) in [6.45, 7) is -0.623. The van der Waals surface area contributed by atoms with Crippen LogP contribution >= 0.6 is 8.25 Å². The van der Waals surface area contributed by atoms with Gasteiger partial charge in [-0.05, 0) is 0 Å². The van der Waals surface area contributed by atoms with Crippen LogP contribution < -0.4 is 5.48 Å². The third-order valence-corrected chi connectivity index (χ3v) is 0.781. The fourth-order valence-electron chi connectivity index (χ4n) is 0.146. The van der Waals surface area contributed by atoms with Crippen LogP contribution in [0.2, 0.25) is 0 Å². The quantitative estimate of drug-likeness (QED) is 0.279. The van der Waals surface area contributed by atoms with E-state index in [0.29, 0.717) is 0 Å². The molecule has 0 heterocycles. The lowest BCUT2D eigenvalue weighted by molar-refractivity contribution is -0.131. The van der Waals surface area contributed by atoms with Crippen LogP contribution in [0.4, 0.5) is 0 Å². The molecule has 0 saturated carbocycles. The SMILES string of the molecule is O=C(CO[P+](=O)O)NO. The first-order valence-electron chi connectivity index (χ1n) is 1.89. The Morgan fingerprint density at radius 3 is 2.67 bits per heavy atom. The highest BCUT2D eigenvalue weighted by Gasteiger charge is 2.14. The van der Waals surface area contributed by atoms with Gasteiger partial charge in [0.15, 0.2) is 6.61 Å². The Bertz CT molecular complexity index is 124. The molecule has 0 aromatic carbocycles. The van der Waals surface area contributed by atoms with Crippen LogP contribution in [0, 0.1) is 0 Å². The van der Waals surface area contributed by atoms with Crippen molar-refractivity contribution >= 4 is 14.2 Å². The largest absolute Gasteiger partial charge is 0.695 e. The summed E-state index contributed by atoms with van der Waals surface area (Å²) < 4.78 is 13.6. The summed E-state index contributed by atoms with van der Waals surface area (Å²) in [7, 11) is -2.76. The van der Waals surface area contributed by atoms with E-state index in [4.69, 9.17) is 10.1 Å². The summed E-state index contributed by atoms with van der Waals surface area (Å²) >= 11 is 0. The van der Waals surface area contributed by atoms with Crippen LogP contribution in [0.3, 0.4) is 0 Å². The van der Waals surface area contributed by atoms with Gasteiger partial charge in [0, 0.05) is 4.57 Å². The lowest BCUT2D eigenvalue weighted by Gasteiger charge is -1.87. The van der Waals surface area contributed by atoms with Crippen molar-refractivity contribution in [2.75, 3.05) is 6.61 Å². The first kappa shape index (κ1) is 8.45. The van der Waals surface area contributed by atoms with Crippen molar-refractivity contribution < 1.29 is 24.0 Å². The van der Waals surface area contributed by atoms with Crippen molar-refractivity contribution in [3.8, 4) is 0 Å². The molecule has 1 unspecified atom stereocenters. The summed E-state index contributed by atoms with van der Waals surface area (Å²) in [5.74, 6) is -0.868. The molecule has 0 aliphatic rings. The molecule has 0 aliphatic carbocycles. The topological polar surface area (TPSA) is 95.9 Å². The van der Waals surface area contributed by atoms with E-state index in [1.165, 1.54) is 5.48 Å². The Kier molecular flexibility index (Phi) is 4.08. The second kappa shape index (κ2) is 4.34. The van der Waals surface area contributed by atoms with Gasteiger partial charge in [0.05, 0.1) is 0 Å². The first-order chi connectivity index (χ1) is 4.16. The molecule has 0 rings (SSSR count). The normalized spacial score (nSPS) is 10.7. The van der Waals surface area contributed by atoms with Crippen molar-refractivity contribution in [3.63, 3.8) is 0 Å². The molecule has 6 nitrogen and oxygen atoms in total. The second-order valence-corrected chi connectivity index (χ2v) is 1.78. The maximum Gasteiger partial charge on any atom is 0.695 e. The predicted octanol–water partition coefficient (Wildman–Crippen LogP) is -0.842. The molecule has 0 fully saturated rings. The lowest BCUT2D eigenvalue weighted by atomic mass is 10.7. The van der Waals surface area contributed by atoms with Gasteiger partial charge >= 0.3 is 8.25 Å². The Labute approximate surface area is 51.3 Å². The average molecular weight is 154 g/mol. The highest BCUT2D eigenvalue weighted by Crippen LogP contribution is 2.12. The third kappa shape index (κ3) is 5.32. The highest BCUT2D eigenvalue weighted by molar-refractivity contribution is 7.32. The molecule has 0 aromatic rings. The summed E-state index contributed by atoms with van der Waals surface area (Å²) in [5.41, 5.74) is 1.22. The molecular weight excluding hydrogens is 149 g/mol. The van der Waals surface area contributed by atoms with E-state index in [9.17, 15) is 9.36 Å². The average Bonchev–Trinajstić information content (AvgIpc) is 1.83. The van der Waals surface area contributed by atoms with E-state index >= 15 is 0 Å². The fourth-order valence-corrected chi connectivity index (χ4v) is 0.374. The molecule has 9 heavy (non-hydrogen) atoms. The second-order valence-electron chi connectivity index (χ2n) is 1.05. The summed E-state index contributed by atoms with van der Waals surface area (Å²) in [6.07, 6.45) is 0. The lowest BCUT2D eigenvalue weighted by Crippen LogP contribution is -2.22. The number of nitrogens with one attached hydrogen (secondary N) is 1. The number of amides is 1. The van der Waals surface area contributed by atoms with Gasteiger partial charge in [0.25, 0.3) is 5.91 Å². The van der Waals surface area contributed by atoms with Crippen LogP contribution in [0.1, 0.15) is 0 Å². The molecule has 7 heteroatoms. The predicted molar refractivity (Wildman–Crippen MR) is 25.7 cm³/mol. The van der Waals surface area contributed by atoms with E-state index in [-0.39, 0.29) is 0 Å². The van der Waals surface area contributed by atoms with E-state index < -0.39 is 20.8 Å². The Balaban J connectivity index is 3.28. The Morgan fingerprint density at radius 2 is 2.33 bits per heavy atom. The Morgan fingerprint density at radius 1 is 1.78 bits per heavy atom. The molecule has 1 atom stereocenters. The van der Waals surface area contributed by atoms with Gasteiger partial charge in [-0.25, -0.2) is 5.48 Å². The molecule has 0 bridgehead atoms. The molecule has 52 valence electrons. The van der Waals surface area contributed by atoms with Gasteiger partial charge in [-0.1, -0.05) is 0 Å². The van der Waals surface area contributed by atoms with E-state index in [1.807, 2.05) is 0 Å². The summed E-state index contributed by atoms with van der Waals surface area (Å²) in [4.78, 5) is 17.9. The van der Waals surface area contributed by atoms with Gasteiger partial charge < -0.3 is 0 Å². The van der Waals surface area contributed by atoms with Crippen LogP contribution in [-0.4, -0.2) is 22.6 Å². The molecule has 0 spiro atoms. The first-order valence-corrected chi connectivity index (χ1v) is 3.02. The fraction of sp³-hybridized carbons (Fsp3) is 0.500. The number of hydrogen-bond donors (Lipinski definition) is 3. The highest BCUT2D eigenvalue weighted by atomic mass is 31.1. The molecule has 1 amide bonds. The maximum atomic E-state index is 9.99. The zero-order valence-corrected chi connectivity index (χ0v) is 5.17. The minimum absolute atomic E-state index is 0.623. The number of hydroxylamine groups is 1. The standard InChI is InChI=1S/C2H4NO5P/c4-2(3-5)1-8-9(6)7/h1H2,(H2-,3,4,5,6,7)/p+1. The molecule has 0 radical (unpaired) electrons. The van der Waals surface area contributed by atoms with Crippen molar-refractivity contribution in [1.82, 2.24) is 5.48 Å². The Hall–Kier alpha value is -0.550. The van der Waals surface area contributed by atoms with Crippen molar-refractivity contribution in [2.45, 2.75) is 0 Å². The molecule has 0 saturated heterocycles. The number of hydrogen-bond acceptors (Lipinski definition) is 4. The summed E-state index contributed by atoms with van der Waals surface area (Å²) in [5, 5.41) is 7.79. The van der Waals surface area contributed by atoms with Gasteiger partial charge in [-0.2, -0.15) is 0 Å². The van der Waals surface area contributed by atoms with Crippen LogP contribution in [0.15, 0.2) is 0 Å². The van der Waals surface area contributed by atoms with Crippen molar-refractivity contribution in [3.05, 3.63) is 0 Å². The van der Waals surface area contributed by atoms with Crippen molar-refractivity contribution in [2.24, 2.45) is 0 Å². The molecule has 0 aromatic heterocycles. The van der Waals surface area contributed by atoms with Gasteiger partial charge in [-0.3, -0.25) is 10.0 Å². The van der Waals surface area contributed by atoms with Crippen LogP contribution in [0.25, 0.3) is 0 Å². The van der Waals surface area contributed by atoms with E-state index in [2.05, 4.69) is 4.52 Å². The van der Waals surface area contributed by atoms with Gasteiger partial charge in [0.2, 0.25) is 0 Å². The zero-order valence-electron chi connectivity index (χ0n) is 4.27. The molecular formula is C2H5NO5P+. The zero-order chi connectivity index (χ0) is 7.28. The monoisotopic (exact) mass is 154 g/mol. The maximum absolute atomic E-state index is 9.99.